The van der Waals surface area contributed by atoms with Crippen molar-refractivity contribution in [3.63, 3.8) is 0 Å². The molecule has 100 valence electrons. The van der Waals surface area contributed by atoms with Crippen molar-refractivity contribution in [3.8, 4) is 0 Å². The summed E-state index contributed by atoms with van der Waals surface area (Å²) in [6.45, 7) is 2.86. The molecule has 0 bridgehead atoms. The van der Waals surface area contributed by atoms with E-state index in [1.54, 1.807) is 13.0 Å². The standard InChI is InChI=1S/C12H15BrFNO3/c1-8(16)15-10(6-14)12(2,13)11(17)5-9-3-4-18-7-9/h3-4,6-7,11,17H,5H2,1-2H3,(H,15,16)/b10-6-. The molecule has 18 heavy (non-hydrogen) atoms. The van der Waals surface area contributed by atoms with Crippen LogP contribution in [0, 0.1) is 0 Å². The molecule has 0 aliphatic carbocycles. The number of aliphatic hydroxyl groups excluding tert-OH is 1. The van der Waals surface area contributed by atoms with E-state index in [0.717, 1.165) is 5.56 Å². The fourth-order valence-electron chi connectivity index (χ4n) is 1.45. The molecule has 1 aromatic rings. The molecule has 0 saturated carbocycles. The number of furan rings is 1. The minimum absolute atomic E-state index is 0.0222. The maximum atomic E-state index is 12.8. The Hall–Kier alpha value is -1.14. The third kappa shape index (κ3) is 3.68. The van der Waals surface area contributed by atoms with Gasteiger partial charge in [0.15, 0.2) is 0 Å². The molecule has 0 aliphatic rings. The third-order valence-electron chi connectivity index (χ3n) is 2.58. The molecule has 0 aliphatic heterocycles. The Morgan fingerprint density at radius 3 is 2.89 bits per heavy atom. The molecular weight excluding hydrogens is 305 g/mol. The van der Waals surface area contributed by atoms with Gasteiger partial charge in [-0.25, -0.2) is 4.39 Å². The SMILES string of the molecule is CC(=O)N/C(=C\F)C(C)(Br)C(O)Cc1ccoc1. The number of carbonyl (C=O) groups is 1. The number of amides is 1. The van der Waals surface area contributed by atoms with E-state index < -0.39 is 16.3 Å². The predicted octanol–water partition coefficient (Wildman–Crippen LogP) is 2.28. The summed E-state index contributed by atoms with van der Waals surface area (Å²) in [5.74, 6) is -0.403. The molecule has 1 rings (SSSR count). The Labute approximate surface area is 113 Å². The van der Waals surface area contributed by atoms with Crippen molar-refractivity contribution in [2.45, 2.75) is 30.7 Å². The van der Waals surface area contributed by atoms with Gasteiger partial charge in [0.2, 0.25) is 5.91 Å². The molecule has 2 unspecified atom stereocenters. The Balaban J connectivity index is 2.80. The second-order valence-corrected chi connectivity index (χ2v) is 5.78. The number of halogens is 2. The van der Waals surface area contributed by atoms with E-state index in [1.807, 2.05) is 0 Å². The highest BCUT2D eigenvalue weighted by Gasteiger charge is 2.35. The highest BCUT2D eigenvalue weighted by Crippen LogP contribution is 2.31. The van der Waals surface area contributed by atoms with E-state index >= 15 is 0 Å². The second kappa shape index (κ2) is 6.15. The zero-order valence-electron chi connectivity index (χ0n) is 10.1. The van der Waals surface area contributed by atoms with Gasteiger partial charge in [0.1, 0.15) is 6.33 Å². The van der Waals surface area contributed by atoms with E-state index in [0.29, 0.717) is 0 Å². The Bertz CT molecular complexity index is 429. The van der Waals surface area contributed by atoms with Crippen molar-refractivity contribution in [2.75, 3.05) is 0 Å². The molecule has 0 radical (unpaired) electrons. The van der Waals surface area contributed by atoms with Gasteiger partial charge in [-0.05, 0) is 18.6 Å². The van der Waals surface area contributed by atoms with E-state index in [9.17, 15) is 14.3 Å². The molecule has 1 aromatic heterocycles. The zero-order valence-corrected chi connectivity index (χ0v) is 11.7. The van der Waals surface area contributed by atoms with Gasteiger partial charge in [0, 0.05) is 13.3 Å². The molecule has 6 heteroatoms. The number of aliphatic hydroxyl groups is 1. The van der Waals surface area contributed by atoms with Gasteiger partial charge < -0.3 is 14.8 Å². The number of hydrogen-bond acceptors (Lipinski definition) is 3. The average molecular weight is 320 g/mol. The first-order valence-electron chi connectivity index (χ1n) is 5.34. The maximum Gasteiger partial charge on any atom is 0.221 e. The van der Waals surface area contributed by atoms with Crippen LogP contribution in [-0.2, 0) is 11.2 Å². The first-order valence-corrected chi connectivity index (χ1v) is 6.13. The summed E-state index contributed by atoms with van der Waals surface area (Å²) >= 11 is 3.24. The molecular formula is C12H15BrFNO3. The van der Waals surface area contributed by atoms with Crippen molar-refractivity contribution in [2.24, 2.45) is 0 Å². The van der Waals surface area contributed by atoms with Gasteiger partial charge in [0.25, 0.3) is 0 Å². The predicted molar refractivity (Wildman–Crippen MR) is 68.8 cm³/mol. The van der Waals surface area contributed by atoms with Crippen LogP contribution in [0.15, 0.2) is 35.0 Å². The van der Waals surface area contributed by atoms with Crippen LogP contribution in [0.1, 0.15) is 19.4 Å². The topological polar surface area (TPSA) is 62.5 Å². The summed E-state index contributed by atoms with van der Waals surface area (Å²) < 4.78 is 16.6. The number of hydrogen-bond donors (Lipinski definition) is 2. The summed E-state index contributed by atoms with van der Waals surface area (Å²) in [5, 5.41) is 12.5. The van der Waals surface area contributed by atoms with Crippen LogP contribution in [0.2, 0.25) is 0 Å². The summed E-state index contributed by atoms with van der Waals surface area (Å²) in [5.41, 5.74) is 0.764. The Kier molecular flexibility index (Phi) is 5.10. The first-order chi connectivity index (χ1) is 8.37. The number of carbonyl (C=O) groups excluding carboxylic acids is 1. The molecule has 1 amide bonds. The number of alkyl halides is 1. The van der Waals surface area contributed by atoms with E-state index in [-0.39, 0.29) is 18.4 Å². The first kappa shape index (κ1) is 14.9. The number of nitrogens with one attached hydrogen (secondary N) is 1. The maximum absolute atomic E-state index is 12.8. The smallest absolute Gasteiger partial charge is 0.221 e. The molecule has 2 atom stereocenters. The lowest BCUT2D eigenvalue weighted by molar-refractivity contribution is -0.118. The van der Waals surface area contributed by atoms with E-state index in [4.69, 9.17) is 4.42 Å². The van der Waals surface area contributed by atoms with Gasteiger partial charge in [-0.2, -0.15) is 0 Å². The second-order valence-electron chi connectivity index (χ2n) is 4.13. The molecule has 0 spiro atoms. The Morgan fingerprint density at radius 1 is 1.78 bits per heavy atom. The minimum atomic E-state index is -1.09. The number of rotatable bonds is 5. The minimum Gasteiger partial charge on any atom is -0.472 e. The van der Waals surface area contributed by atoms with Crippen LogP contribution in [0.5, 0.6) is 0 Å². The normalized spacial score (nSPS) is 17.1. The van der Waals surface area contributed by atoms with E-state index in [2.05, 4.69) is 21.2 Å². The van der Waals surface area contributed by atoms with E-state index in [1.165, 1.54) is 19.5 Å². The molecule has 0 fully saturated rings. The van der Waals surface area contributed by atoms with Crippen molar-refractivity contribution >= 4 is 21.8 Å². The van der Waals surface area contributed by atoms with Crippen LogP contribution >= 0.6 is 15.9 Å². The fourth-order valence-corrected chi connectivity index (χ4v) is 1.80. The summed E-state index contributed by atoms with van der Waals surface area (Å²) in [7, 11) is 0. The molecule has 1 heterocycles. The molecule has 4 nitrogen and oxygen atoms in total. The highest BCUT2D eigenvalue weighted by atomic mass is 79.9. The van der Waals surface area contributed by atoms with Crippen LogP contribution in [0.25, 0.3) is 0 Å². The van der Waals surface area contributed by atoms with Gasteiger partial charge in [-0.15, -0.1) is 0 Å². The van der Waals surface area contributed by atoms with Crippen LogP contribution < -0.4 is 5.32 Å². The fraction of sp³-hybridized carbons (Fsp3) is 0.417. The van der Waals surface area contributed by atoms with Crippen molar-refractivity contribution in [3.05, 3.63) is 36.2 Å². The lowest BCUT2D eigenvalue weighted by Gasteiger charge is -2.30. The third-order valence-corrected chi connectivity index (χ3v) is 3.54. The highest BCUT2D eigenvalue weighted by molar-refractivity contribution is 9.10. The summed E-state index contributed by atoms with van der Waals surface area (Å²) in [6.07, 6.45) is 2.62. The summed E-state index contributed by atoms with van der Waals surface area (Å²) in [6, 6.07) is 1.71. The van der Waals surface area contributed by atoms with Gasteiger partial charge in [-0.1, -0.05) is 15.9 Å². The van der Waals surface area contributed by atoms with Crippen LogP contribution in [0.3, 0.4) is 0 Å². The summed E-state index contributed by atoms with van der Waals surface area (Å²) in [4.78, 5) is 11.0. The van der Waals surface area contributed by atoms with Gasteiger partial charge in [0.05, 0.1) is 28.7 Å². The molecule has 0 saturated heterocycles. The molecule has 0 aromatic carbocycles. The van der Waals surface area contributed by atoms with Crippen LogP contribution in [0.4, 0.5) is 4.39 Å². The lowest BCUT2D eigenvalue weighted by Crippen LogP contribution is -2.42. The van der Waals surface area contributed by atoms with Crippen molar-refractivity contribution < 1.29 is 18.7 Å². The molecule has 2 N–H and O–H groups in total. The van der Waals surface area contributed by atoms with Crippen LogP contribution in [-0.4, -0.2) is 21.4 Å². The quantitative estimate of drug-likeness (QED) is 0.818. The van der Waals surface area contributed by atoms with Gasteiger partial charge >= 0.3 is 0 Å². The van der Waals surface area contributed by atoms with Gasteiger partial charge in [-0.3, -0.25) is 4.79 Å². The zero-order chi connectivity index (χ0) is 13.8. The van der Waals surface area contributed by atoms with Crippen molar-refractivity contribution in [1.29, 1.82) is 0 Å². The largest absolute Gasteiger partial charge is 0.472 e. The Morgan fingerprint density at radius 2 is 2.44 bits per heavy atom. The lowest BCUT2D eigenvalue weighted by atomic mass is 9.96. The van der Waals surface area contributed by atoms with Crippen molar-refractivity contribution in [1.82, 2.24) is 5.32 Å². The average Bonchev–Trinajstić information content (AvgIpc) is 2.77. The monoisotopic (exact) mass is 319 g/mol.